The van der Waals surface area contributed by atoms with Crippen molar-refractivity contribution in [3.8, 4) is 0 Å². The Morgan fingerprint density at radius 3 is 2.63 bits per heavy atom. The van der Waals surface area contributed by atoms with Gasteiger partial charge in [-0.2, -0.15) is 0 Å². The second-order valence-electron chi connectivity index (χ2n) is 4.09. The number of carbonyl (C=O) groups excluding carboxylic acids is 3. The number of amides is 1. The lowest BCUT2D eigenvalue weighted by Gasteiger charge is -2.08. The van der Waals surface area contributed by atoms with Crippen LogP contribution in [0.15, 0.2) is 30.3 Å². The Morgan fingerprint density at radius 2 is 2.00 bits per heavy atom. The molecule has 5 nitrogen and oxygen atoms in total. The zero-order valence-electron chi connectivity index (χ0n) is 10.1. The highest BCUT2D eigenvalue weighted by molar-refractivity contribution is 8.26. The van der Waals surface area contributed by atoms with E-state index in [9.17, 15) is 14.4 Å². The van der Waals surface area contributed by atoms with E-state index >= 15 is 0 Å². The van der Waals surface area contributed by atoms with Crippen LogP contribution in [0.5, 0.6) is 0 Å². The van der Waals surface area contributed by atoms with E-state index in [4.69, 9.17) is 4.74 Å². The molecule has 1 N–H and O–H groups in total. The minimum Gasteiger partial charge on any atom is -0.461 e. The van der Waals surface area contributed by atoms with Gasteiger partial charge in [-0.15, -0.1) is 0 Å². The molecule has 0 saturated carbocycles. The van der Waals surface area contributed by atoms with Gasteiger partial charge in [0.2, 0.25) is 5.12 Å². The van der Waals surface area contributed by atoms with Gasteiger partial charge in [-0.1, -0.05) is 30.3 Å². The summed E-state index contributed by atoms with van der Waals surface area (Å²) in [7, 11) is 0. The van der Waals surface area contributed by atoms with E-state index in [2.05, 4.69) is 5.32 Å². The smallest absolute Gasteiger partial charge is 0.306 e. The molecule has 0 aromatic heterocycles. The van der Waals surface area contributed by atoms with Gasteiger partial charge in [-0.25, -0.2) is 0 Å². The Hall–Kier alpha value is -1.82. The third-order valence-corrected chi connectivity index (χ3v) is 3.44. The molecule has 1 aromatic rings. The van der Waals surface area contributed by atoms with Crippen LogP contribution in [-0.4, -0.2) is 22.4 Å². The Balaban J connectivity index is 1.70. The second kappa shape index (κ2) is 6.38. The summed E-state index contributed by atoms with van der Waals surface area (Å²) < 4.78 is 5.08. The van der Waals surface area contributed by atoms with Crippen LogP contribution in [0.1, 0.15) is 18.4 Å². The van der Waals surface area contributed by atoms with Gasteiger partial charge >= 0.3 is 5.97 Å². The summed E-state index contributed by atoms with van der Waals surface area (Å²) in [5.41, 5.74) is 0.914. The number of carbonyl (C=O) groups is 3. The summed E-state index contributed by atoms with van der Waals surface area (Å²) in [6.45, 7) is 0.222. The van der Waals surface area contributed by atoms with Crippen LogP contribution < -0.4 is 5.32 Å². The SMILES string of the molecule is O=C(CC[C@@H]1NC(=O)SC1=O)OCc1ccccc1. The van der Waals surface area contributed by atoms with Crippen LogP contribution in [0.3, 0.4) is 0 Å². The molecule has 2 rings (SSSR count). The van der Waals surface area contributed by atoms with Crippen molar-refractivity contribution in [1.82, 2.24) is 5.32 Å². The average molecular weight is 279 g/mol. The zero-order valence-corrected chi connectivity index (χ0v) is 10.9. The van der Waals surface area contributed by atoms with E-state index in [0.717, 1.165) is 5.56 Å². The van der Waals surface area contributed by atoms with Crippen LogP contribution >= 0.6 is 11.8 Å². The summed E-state index contributed by atoms with van der Waals surface area (Å²) in [6.07, 6.45) is 0.398. The molecule has 0 unspecified atom stereocenters. The van der Waals surface area contributed by atoms with Crippen molar-refractivity contribution >= 4 is 28.1 Å². The van der Waals surface area contributed by atoms with E-state index in [1.165, 1.54) is 0 Å². The molecule has 1 aliphatic heterocycles. The number of hydrogen-bond acceptors (Lipinski definition) is 5. The lowest BCUT2D eigenvalue weighted by molar-refractivity contribution is -0.145. The quantitative estimate of drug-likeness (QED) is 0.833. The summed E-state index contributed by atoms with van der Waals surface area (Å²) in [4.78, 5) is 33.7. The first-order valence-corrected chi connectivity index (χ1v) is 6.68. The molecule has 1 aromatic carbocycles. The number of thioether (sulfide) groups is 1. The molecule has 6 heteroatoms. The van der Waals surface area contributed by atoms with E-state index in [-0.39, 0.29) is 35.8 Å². The third kappa shape index (κ3) is 4.10. The number of rotatable bonds is 5. The lowest BCUT2D eigenvalue weighted by Crippen LogP contribution is -2.29. The van der Waals surface area contributed by atoms with Crippen LogP contribution in [-0.2, 0) is 20.9 Å². The Bertz CT molecular complexity index is 489. The highest BCUT2D eigenvalue weighted by Gasteiger charge is 2.31. The fourth-order valence-corrected chi connectivity index (χ4v) is 2.36. The van der Waals surface area contributed by atoms with Crippen molar-refractivity contribution in [2.75, 3.05) is 0 Å². The number of ether oxygens (including phenoxy) is 1. The molecule has 1 atom stereocenters. The van der Waals surface area contributed by atoms with E-state index in [1.54, 1.807) is 0 Å². The maximum Gasteiger partial charge on any atom is 0.306 e. The molecule has 0 radical (unpaired) electrons. The van der Waals surface area contributed by atoms with Crippen molar-refractivity contribution in [1.29, 1.82) is 0 Å². The largest absolute Gasteiger partial charge is 0.461 e. The molecular formula is C13H13NO4S. The van der Waals surface area contributed by atoms with Crippen molar-refractivity contribution in [2.24, 2.45) is 0 Å². The van der Waals surface area contributed by atoms with Crippen molar-refractivity contribution < 1.29 is 19.1 Å². The maximum atomic E-state index is 11.5. The molecular weight excluding hydrogens is 266 g/mol. The van der Waals surface area contributed by atoms with Gasteiger partial charge < -0.3 is 10.1 Å². The van der Waals surface area contributed by atoms with Crippen LogP contribution in [0.4, 0.5) is 4.79 Å². The Labute approximate surface area is 114 Å². The molecule has 0 spiro atoms. The Kier molecular flexibility index (Phi) is 4.57. The molecule has 19 heavy (non-hydrogen) atoms. The number of esters is 1. The predicted molar refractivity (Wildman–Crippen MR) is 70.4 cm³/mol. The summed E-state index contributed by atoms with van der Waals surface area (Å²) in [6, 6.07) is 8.79. The fourth-order valence-electron chi connectivity index (χ4n) is 1.66. The normalized spacial score (nSPS) is 18.2. The van der Waals surface area contributed by atoms with Crippen LogP contribution in [0, 0.1) is 0 Å². The van der Waals surface area contributed by atoms with Gasteiger partial charge in [0.15, 0.2) is 0 Å². The summed E-state index contributed by atoms with van der Waals surface area (Å²) >= 11 is 0.649. The fraction of sp³-hybridized carbons (Fsp3) is 0.308. The monoisotopic (exact) mass is 279 g/mol. The van der Waals surface area contributed by atoms with Gasteiger partial charge in [0.1, 0.15) is 6.61 Å². The Morgan fingerprint density at radius 1 is 1.26 bits per heavy atom. The molecule has 1 saturated heterocycles. The first kappa shape index (κ1) is 13.6. The van der Waals surface area contributed by atoms with Gasteiger partial charge in [-0.3, -0.25) is 14.4 Å². The van der Waals surface area contributed by atoms with Crippen molar-refractivity contribution in [3.63, 3.8) is 0 Å². The molecule has 1 heterocycles. The third-order valence-electron chi connectivity index (χ3n) is 2.65. The van der Waals surface area contributed by atoms with E-state index in [0.29, 0.717) is 11.8 Å². The molecule has 0 bridgehead atoms. The highest BCUT2D eigenvalue weighted by atomic mass is 32.2. The standard InChI is InChI=1S/C13H13NO4S/c15-11(18-8-9-4-2-1-3-5-9)7-6-10-12(16)19-13(17)14-10/h1-5,10H,6-8H2,(H,14,17)/t10-/m0/s1. The first-order chi connectivity index (χ1) is 9.15. The van der Waals surface area contributed by atoms with Crippen molar-refractivity contribution in [2.45, 2.75) is 25.5 Å². The topological polar surface area (TPSA) is 72.5 Å². The van der Waals surface area contributed by atoms with E-state index in [1.807, 2.05) is 30.3 Å². The van der Waals surface area contributed by atoms with Gasteiger partial charge in [-0.05, 0) is 12.0 Å². The predicted octanol–water partition coefficient (Wildman–Crippen LogP) is 1.86. The maximum absolute atomic E-state index is 11.5. The minimum absolute atomic E-state index is 0.115. The zero-order chi connectivity index (χ0) is 13.7. The average Bonchev–Trinajstić information content (AvgIpc) is 2.73. The van der Waals surface area contributed by atoms with Crippen molar-refractivity contribution in [3.05, 3.63) is 35.9 Å². The van der Waals surface area contributed by atoms with Crippen LogP contribution in [0.2, 0.25) is 0 Å². The summed E-state index contributed by atoms with van der Waals surface area (Å²) in [5.74, 6) is -0.372. The molecule has 1 aliphatic rings. The van der Waals surface area contributed by atoms with Gasteiger partial charge in [0.25, 0.3) is 5.24 Å². The summed E-state index contributed by atoms with van der Waals surface area (Å²) in [5, 5.41) is 1.91. The van der Waals surface area contributed by atoms with Gasteiger partial charge in [0, 0.05) is 18.2 Å². The molecule has 1 fully saturated rings. The molecule has 1 amide bonds. The van der Waals surface area contributed by atoms with Gasteiger partial charge in [0.05, 0.1) is 6.04 Å². The number of nitrogens with one attached hydrogen (secondary N) is 1. The van der Waals surface area contributed by atoms with Crippen LogP contribution in [0.25, 0.3) is 0 Å². The molecule has 0 aliphatic carbocycles. The highest BCUT2D eigenvalue weighted by Crippen LogP contribution is 2.18. The number of hydrogen-bond donors (Lipinski definition) is 1. The van der Waals surface area contributed by atoms with E-state index < -0.39 is 6.04 Å². The number of benzene rings is 1. The first-order valence-electron chi connectivity index (χ1n) is 5.87. The minimum atomic E-state index is -0.568. The second-order valence-corrected chi connectivity index (χ2v) is 5.07. The molecule has 100 valence electrons. The lowest BCUT2D eigenvalue weighted by atomic mass is 10.2.